The van der Waals surface area contributed by atoms with Crippen molar-refractivity contribution in [3.8, 4) is 0 Å². The molecule has 0 aliphatic carbocycles. The minimum absolute atomic E-state index is 0.290. The van der Waals surface area contributed by atoms with E-state index in [1.165, 1.54) is 0 Å². The van der Waals surface area contributed by atoms with E-state index in [9.17, 15) is 10.2 Å². The van der Waals surface area contributed by atoms with E-state index in [1.54, 1.807) is 0 Å². The van der Waals surface area contributed by atoms with Crippen molar-refractivity contribution in [3.63, 3.8) is 0 Å². The molecule has 1 aromatic carbocycles. The summed E-state index contributed by atoms with van der Waals surface area (Å²) < 4.78 is 5.37. The van der Waals surface area contributed by atoms with E-state index in [-0.39, 0.29) is 6.61 Å². The van der Waals surface area contributed by atoms with Crippen molar-refractivity contribution < 1.29 is 20.1 Å². The Morgan fingerprint density at radius 1 is 1.07 bits per heavy atom. The molecule has 4 heteroatoms. The zero-order chi connectivity index (χ0) is 10.8. The van der Waals surface area contributed by atoms with Gasteiger partial charge < -0.3 is 20.1 Å². The molecule has 0 unspecified atom stereocenters. The SMILES string of the molecule is OC[C@H]1O[C@@H](c2ccccc2)[C@H](O)[C@@H]1O. The molecule has 3 N–H and O–H groups in total. The Balaban J connectivity index is 2.19. The second-order valence-corrected chi connectivity index (χ2v) is 3.67. The second kappa shape index (κ2) is 4.28. The van der Waals surface area contributed by atoms with Crippen molar-refractivity contribution in [3.05, 3.63) is 35.9 Å². The van der Waals surface area contributed by atoms with Gasteiger partial charge in [-0.25, -0.2) is 0 Å². The number of rotatable bonds is 2. The molecule has 1 fully saturated rings. The first-order valence-electron chi connectivity index (χ1n) is 4.91. The fourth-order valence-electron chi connectivity index (χ4n) is 1.82. The Bertz CT molecular complexity index is 314. The number of aliphatic hydroxyl groups is 3. The lowest BCUT2D eigenvalue weighted by atomic mass is 10.0. The summed E-state index contributed by atoms with van der Waals surface area (Å²) >= 11 is 0. The molecule has 1 heterocycles. The molecular formula is C11H14O4. The summed E-state index contributed by atoms with van der Waals surface area (Å²) in [5.41, 5.74) is 0.806. The lowest BCUT2D eigenvalue weighted by Crippen LogP contribution is -2.32. The molecule has 1 aliphatic heterocycles. The molecule has 4 atom stereocenters. The monoisotopic (exact) mass is 210 g/mol. The van der Waals surface area contributed by atoms with Crippen molar-refractivity contribution in [2.24, 2.45) is 0 Å². The molecule has 0 spiro atoms. The minimum Gasteiger partial charge on any atom is -0.394 e. The standard InChI is InChI=1S/C11H14O4/c12-6-8-9(13)10(14)11(15-8)7-4-2-1-3-5-7/h1-5,8-14H,6H2/t8-,9-,10-,11+/m1/s1. The number of hydrogen-bond acceptors (Lipinski definition) is 4. The minimum atomic E-state index is -1.03. The Morgan fingerprint density at radius 2 is 1.73 bits per heavy atom. The van der Waals surface area contributed by atoms with Crippen molar-refractivity contribution in [1.82, 2.24) is 0 Å². The van der Waals surface area contributed by atoms with Crippen LogP contribution < -0.4 is 0 Å². The Morgan fingerprint density at radius 3 is 2.27 bits per heavy atom. The van der Waals surface area contributed by atoms with Crippen LogP contribution in [0, 0.1) is 0 Å². The highest BCUT2D eigenvalue weighted by Crippen LogP contribution is 2.32. The average Bonchev–Trinajstić information content (AvgIpc) is 2.57. The average molecular weight is 210 g/mol. The number of benzene rings is 1. The van der Waals surface area contributed by atoms with Crippen LogP contribution in [-0.2, 0) is 4.74 Å². The van der Waals surface area contributed by atoms with Gasteiger partial charge in [0.2, 0.25) is 0 Å². The predicted octanol–water partition coefficient (Wildman–Crippen LogP) is -0.159. The Kier molecular flexibility index (Phi) is 3.02. The molecule has 1 aromatic rings. The molecule has 1 aliphatic rings. The van der Waals surface area contributed by atoms with Crippen molar-refractivity contribution in [2.45, 2.75) is 24.4 Å². The predicted molar refractivity (Wildman–Crippen MR) is 53.2 cm³/mol. The molecular weight excluding hydrogens is 196 g/mol. The maximum atomic E-state index is 9.73. The summed E-state index contributed by atoms with van der Waals surface area (Å²) in [5, 5.41) is 28.2. The summed E-state index contributed by atoms with van der Waals surface area (Å²) in [5.74, 6) is 0. The number of ether oxygens (including phenoxy) is 1. The smallest absolute Gasteiger partial charge is 0.113 e. The molecule has 0 bridgehead atoms. The molecule has 0 aromatic heterocycles. The molecule has 0 radical (unpaired) electrons. The fourth-order valence-corrected chi connectivity index (χ4v) is 1.82. The largest absolute Gasteiger partial charge is 0.394 e. The van der Waals surface area contributed by atoms with Gasteiger partial charge >= 0.3 is 0 Å². The van der Waals surface area contributed by atoms with Crippen LogP contribution in [0.4, 0.5) is 0 Å². The van der Waals surface area contributed by atoms with E-state index in [2.05, 4.69) is 0 Å². The normalized spacial score (nSPS) is 35.7. The van der Waals surface area contributed by atoms with Gasteiger partial charge in [-0.05, 0) is 5.56 Å². The summed E-state index contributed by atoms with van der Waals surface area (Å²) in [6.07, 6.45) is -3.27. The summed E-state index contributed by atoms with van der Waals surface area (Å²) in [4.78, 5) is 0. The van der Waals surface area contributed by atoms with Crippen molar-refractivity contribution >= 4 is 0 Å². The highest BCUT2D eigenvalue weighted by atomic mass is 16.6. The van der Waals surface area contributed by atoms with Gasteiger partial charge in [-0.2, -0.15) is 0 Å². The van der Waals surface area contributed by atoms with Crippen molar-refractivity contribution in [1.29, 1.82) is 0 Å². The van der Waals surface area contributed by atoms with E-state index in [1.807, 2.05) is 30.3 Å². The van der Waals surface area contributed by atoms with Crippen LogP contribution in [0.5, 0.6) is 0 Å². The van der Waals surface area contributed by atoms with E-state index >= 15 is 0 Å². The van der Waals surface area contributed by atoms with Gasteiger partial charge in [-0.15, -0.1) is 0 Å². The molecule has 15 heavy (non-hydrogen) atoms. The quantitative estimate of drug-likeness (QED) is 0.634. The van der Waals surface area contributed by atoms with Gasteiger partial charge in [-0.3, -0.25) is 0 Å². The Labute approximate surface area is 87.7 Å². The third-order valence-electron chi connectivity index (χ3n) is 2.67. The van der Waals surface area contributed by atoms with Gasteiger partial charge in [0.15, 0.2) is 0 Å². The van der Waals surface area contributed by atoms with Gasteiger partial charge in [0.1, 0.15) is 24.4 Å². The van der Waals surface area contributed by atoms with Crippen LogP contribution in [0.2, 0.25) is 0 Å². The fraction of sp³-hybridized carbons (Fsp3) is 0.455. The highest BCUT2D eigenvalue weighted by Gasteiger charge is 2.42. The summed E-state index contributed by atoms with van der Waals surface area (Å²) in [7, 11) is 0. The summed E-state index contributed by atoms with van der Waals surface area (Å²) in [6.45, 7) is -0.290. The third kappa shape index (κ3) is 1.89. The molecule has 82 valence electrons. The second-order valence-electron chi connectivity index (χ2n) is 3.67. The first-order chi connectivity index (χ1) is 7.24. The first kappa shape index (κ1) is 10.6. The third-order valence-corrected chi connectivity index (χ3v) is 2.67. The zero-order valence-electron chi connectivity index (χ0n) is 8.15. The molecule has 0 saturated carbocycles. The van der Waals surface area contributed by atoms with Crippen LogP contribution in [-0.4, -0.2) is 40.2 Å². The lowest BCUT2D eigenvalue weighted by molar-refractivity contribution is -0.0227. The van der Waals surface area contributed by atoms with Gasteiger partial charge in [0.25, 0.3) is 0 Å². The Hall–Kier alpha value is -0.940. The highest BCUT2D eigenvalue weighted by molar-refractivity contribution is 5.20. The van der Waals surface area contributed by atoms with Gasteiger partial charge in [0, 0.05) is 0 Å². The number of aliphatic hydroxyl groups excluding tert-OH is 3. The van der Waals surface area contributed by atoms with Crippen LogP contribution in [0.25, 0.3) is 0 Å². The van der Waals surface area contributed by atoms with E-state index in [0.717, 1.165) is 5.56 Å². The maximum absolute atomic E-state index is 9.73. The van der Waals surface area contributed by atoms with Crippen LogP contribution >= 0.6 is 0 Å². The van der Waals surface area contributed by atoms with Gasteiger partial charge in [-0.1, -0.05) is 30.3 Å². The molecule has 4 nitrogen and oxygen atoms in total. The van der Waals surface area contributed by atoms with E-state index in [4.69, 9.17) is 9.84 Å². The van der Waals surface area contributed by atoms with Crippen LogP contribution in [0.1, 0.15) is 11.7 Å². The zero-order valence-corrected chi connectivity index (χ0v) is 8.15. The lowest BCUT2D eigenvalue weighted by Gasteiger charge is -2.14. The summed E-state index contributed by atoms with van der Waals surface area (Å²) in [6, 6.07) is 9.18. The van der Waals surface area contributed by atoms with Crippen molar-refractivity contribution in [2.75, 3.05) is 6.61 Å². The maximum Gasteiger partial charge on any atom is 0.113 e. The van der Waals surface area contributed by atoms with Gasteiger partial charge in [0.05, 0.1) is 6.61 Å². The van der Waals surface area contributed by atoms with E-state index in [0.29, 0.717) is 0 Å². The molecule has 0 amide bonds. The van der Waals surface area contributed by atoms with Crippen LogP contribution in [0.3, 0.4) is 0 Å². The topological polar surface area (TPSA) is 69.9 Å². The first-order valence-corrected chi connectivity index (χ1v) is 4.91. The van der Waals surface area contributed by atoms with Crippen LogP contribution in [0.15, 0.2) is 30.3 Å². The molecule has 2 rings (SSSR count). The number of hydrogen-bond donors (Lipinski definition) is 3. The molecule has 1 saturated heterocycles. The van der Waals surface area contributed by atoms with E-state index < -0.39 is 24.4 Å².